The van der Waals surface area contributed by atoms with Crippen molar-refractivity contribution in [1.29, 1.82) is 0 Å². The van der Waals surface area contributed by atoms with Gasteiger partial charge in [0.1, 0.15) is 0 Å². The average Bonchev–Trinajstić information content (AvgIpc) is 1.85. The van der Waals surface area contributed by atoms with Crippen LogP contribution in [-0.4, -0.2) is 17.7 Å². The lowest BCUT2D eigenvalue weighted by atomic mass is 10.1. The lowest BCUT2D eigenvalue weighted by molar-refractivity contribution is -0.207. The van der Waals surface area contributed by atoms with Crippen molar-refractivity contribution in [2.24, 2.45) is 0 Å². The number of alkyl halides is 3. The molecule has 0 unspecified atom stereocenters. The zero-order chi connectivity index (χ0) is 9.99. The van der Waals surface area contributed by atoms with Crippen LogP contribution in [0.25, 0.3) is 0 Å². The molecule has 0 aliphatic rings. The Morgan fingerprint density at radius 3 is 2.08 bits per heavy atom. The maximum atomic E-state index is 11.6. The molecule has 5 heteroatoms. The number of hydrogen-bond acceptors (Lipinski definition) is 2. The van der Waals surface area contributed by atoms with E-state index in [0.29, 0.717) is 0 Å². The molecule has 0 N–H and O–H groups in total. The molecular weight excluding hydrogens is 173 g/mol. The summed E-state index contributed by atoms with van der Waals surface area (Å²) in [5.41, 5.74) is -1.52. The first-order valence-corrected chi connectivity index (χ1v) is 2.97. The van der Waals surface area contributed by atoms with Gasteiger partial charge in [0.15, 0.2) is 5.60 Å². The molecular formula is C7H7F3O2. The van der Waals surface area contributed by atoms with Gasteiger partial charge in [-0.15, -0.1) is 6.42 Å². The van der Waals surface area contributed by atoms with Gasteiger partial charge in [-0.2, -0.15) is 13.2 Å². The molecule has 0 aliphatic carbocycles. The predicted molar refractivity (Wildman–Crippen MR) is 35.1 cm³/mol. The molecule has 0 rings (SSSR count). The van der Waals surface area contributed by atoms with Crippen LogP contribution in [0.4, 0.5) is 13.2 Å². The molecule has 0 atom stereocenters. The van der Waals surface area contributed by atoms with E-state index in [2.05, 4.69) is 4.74 Å². The summed E-state index contributed by atoms with van der Waals surface area (Å²) in [6.07, 6.45) is -0.189. The van der Waals surface area contributed by atoms with E-state index in [4.69, 9.17) is 6.42 Å². The SMILES string of the molecule is C#CC(C)(C)OC(=O)C(F)(F)F. The molecule has 0 fully saturated rings. The fraction of sp³-hybridized carbons (Fsp3) is 0.571. The molecule has 0 aromatic heterocycles. The first-order valence-electron chi connectivity index (χ1n) is 2.97. The maximum Gasteiger partial charge on any atom is 0.490 e. The van der Waals surface area contributed by atoms with Gasteiger partial charge in [-0.3, -0.25) is 0 Å². The first kappa shape index (κ1) is 10.8. The van der Waals surface area contributed by atoms with Crippen molar-refractivity contribution in [1.82, 2.24) is 0 Å². The highest BCUT2D eigenvalue weighted by molar-refractivity contribution is 5.76. The Kier molecular flexibility index (Phi) is 2.75. The summed E-state index contributed by atoms with van der Waals surface area (Å²) in [6.45, 7) is 2.38. The maximum absolute atomic E-state index is 11.6. The van der Waals surface area contributed by atoms with Crippen LogP contribution >= 0.6 is 0 Å². The van der Waals surface area contributed by atoms with Crippen molar-refractivity contribution in [3.63, 3.8) is 0 Å². The van der Waals surface area contributed by atoms with Crippen LogP contribution in [0.1, 0.15) is 13.8 Å². The highest BCUT2D eigenvalue weighted by Gasteiger charge is 2.43. The van der Waals surface area contributed by atoms with E-state index in [0.717, 1.165) is 0 Å². The Bertz CT molecular complexity index is 222. The standard InChI is InChI=1S/C7H7F3O2/c1-4-6(2,3)12-5(11)7(8,9)10/h1H,2-3H3. The summed E-state index contributed by atoms with van der Waals surface area (Å²) in [5.74, 6) is -0.371. The van der Waals surface area contributed by atoms with E-state index in [1.54, 1.807) is 0 Å². The van der Waals surface area contributed by atoms with E-state index in [-0.39, 0.29) is 0 Å². The Balaban J connectivity index is 4.33. The van der Waals surface area contributed by atoms with E-state index in [1.807, 2.05) is 5.92 Å². The number of terminal acetylenes is 1. The quantitative estimate of drug-likeness (QED) is 0.451. The van der Waals surface area contributed by atoms with Gasteiger partial charge in [0, 0.05) is 0 Å². The van der Waals surface area contributed by atoms with Crippen molar-refractivity contribution in [3.05, 3.63) is 0 Å². The molecule has 0 saturated carbocycles. The average molecular weight is 180 g/mol. The summed E-state index contributed by atoms with van der Waals surface area (Å²) in [6, 6.07) is 0. The summed E-state index contributed by atoms with van der Waals surface area (Å²) >= 11 is 0. The van der Waals surface area contributed by atoms with Gasteiger partial charge in [0.2, 0.25) is 0 Å². The number of hydrogen-bond donors (Lipinski definition) is 0. The van der Waals surface area contributed by atoms with Gasteiger partial charge in [-0.05, 0) is 13.8 Å². The molecule has 0 saturated heterocycles. The van der Waals surface area contributed by atoms with Crippen molar-refractivity contribution >= 4 is 5.97 Å². The summed E-state index contributed by atoms with van der Waals surface area (Å²) < 4.78 is 38.7. The summed E-state index contributed by atoms with van der Waals surface area (Å²) in [7, 11) is 0. The minimum atomic E-state index is -4.99. The van der Waals surface area contributed by atoms with E-state index < -0.39 is 17.7 Å². The van der Waals surface area contributed by atoms with Gasteiger partial charge in [0.25, 0.3) is 0 Å². The number of rotatable bonds is 1. The topological polar surface area (TPSA) is 26.3 Å². The Morgan fingerprint density at radius 2 is 1.83 bits per heavy atom. The largest absolute Gasteiger partial charge is 0.490 e. The van der Waals surface area contributed by atoms with Gasteiger partial charge < -0.3 is 4.74 Å². The van der Waals surface area contributed by atoms with E-state index in [1.165, 1.54) is 13.8 Å². The molecule has 68 valence electrons. The Labute approximate surface area is 67.7 Å². The third-order valence-corrected chi connectivity index (χ3v) is 0.927. The van der Waals surface area contributed by atoms with Crippen LogP contribution in [0.3, 0.4) is 0 Å². The molecule has 0 aliphatic heterocycles. The zero-order valence-electron chi connectivity index (χ0n) is 6.53. The number of esters is 1. The molecule has 12 heavy (non-hydrogen) atoms. The molecule has 0 aromatic rings. The number of carbonyl (C=O) groups is 1. The van der Waals surface area contributed by atoms with Crippen molar-refractivity contribution < 1.29 is 22.7 Å². The van der Waals surface area contributed by atoms with Crippen molar-refractivity contribution in [2.75, 3.05) is 0 Å². The molecule has 0 heterocycles. The minimum Gasteiger partial charge on any atom is -0.440 e. The summed E-state index contributed by atoms with van der Waals surface area (Å²) in [5, 5.41) is 0. The first-order chi connectivity index (χ1) is 5.19. The van der Waals surface area contributed by atoms with Gasteiger partial charge >= 0.3 is 12.1 Å². The molecule has 2 nitrogen and oxygen atoms in total. The highest BCUT2D eigenvalue weighted by atomic mass is 19.4. The highest BCUT2D eigenvalue weighted by Crippen LogP contribution is 2.20. The van der Waals surface area contributed by atoms with Crippen LogP contribution in [0.5, 0.6) is 0 Å². The third kappa shape index (κ3) is 3.28. The van der Waals surface area contributed by atoms with Crippen LogP contribution in [0.2, 0.25) is 0 Å². The molecule has 0 radical (unpaired) electrons. The fourth-order valence-corrected chi connectivity index (χ4v) is 0.319. The van der Waals surface area contributed by atoms with Crippen LogP contribution in [0, 0.1) is 12.3 Å². The monoisotopic (exact) mass is 180 g/mol. The second kappa shape index (κ2) is 3.05. The third-order valence-electron chi connectivity index (χ3n) is 0.927. The molecule has 0 aromatic carbocycles. The Morgan fingerprint density at radius 1 is 1.42 bits per heavy atom. The van der Waals surface area contributed by atoms with E-state index in [9.17, 15) is 18.0 Å². The second-order valence-electron chi connectivity index (χ2n) is 2.54. The van der Waals surface area contributed by atoms with Gasteiger partial charge in [0.05, 0.1) is 0 Å². The van der Waals surface area contributed by atoms with Gasteiger partial charge in [-0.25, -0.2) is 4.79 Å². The summed E-state index contributed by atoms with van der Waals surface area (Å²) in [4.78, 5) is 10.2. The predicted octanol–water partition coefficient (Wildman–Crippen LogP) is 1.50. The minimum absolute atomic E-state index is 1.19. The molecule has 0 spiro atoms. The lowest BCUT2D eigenvalue weighted by Crippen LogP contribution is -2.34. The lowest BCUT2D eigenvalue weighted by Gasteiger charge is -2.18. The van der Waals surface area contributed by atoms with Crippen molar-refractivity contribution in [3.8, 4) is 12.3 Å². The van der Waals surface area contributed by atoms with Crippen LogP contribution in [0.15, 0.2) is 0 Å². The normalized spacial score (nSPS) is 12.0. The number of halogens is 3. The molecule has 0 amide bonds. The molecule has 0 bridgehead atoms. The smallest absolute Gasteiger partial charge is 0.440 e. The Hall–Kier alpha value is -1.18. The van der Waals surface area contributed by atoms with Crippen LogP contribution < -0.4 is 0 Å². The van der Waals surface area contributed by atoms with Crippen molar-refractivity contribution in [2.45, 2.75) is 25.6 Å². The number of carbonyl (C=O) groups excluding carboxylic acids is 1. The van der Waals surface area contributed by atoms with E-state index >= 15 is 0 Å². The zero-order valence-corrected chi connectivity index (χ0v) is 6.53. The number of ether oxygens (including phenoxy) is 1. The van der Waals surface area contributed by atoms with Gasteiger partial charge in [-0.1, -0.05) is 5.92 Å². The van der Waals surface area contributed by atoms with Crippen LogP contribution in [-0.2, 0) is 9.53 Å². The second-order valence-corrected chi connectivity index (χ2v) is 2.54. The fourth-order valence-electron chi connectivity index (χ4n) is 0.319.